The van der Waals surface area contributed by atoms with E-state index >= 15 is 0 Å². The molecule has 14 heteroatoms. The first-order chi connectivity index (χ1) is 16.7. The lowest BCUT2D eigenvalue weighted by molar-refractivity contribution is -0.274. The summed E-state index contributed by atoms with van der Waals surface area (Å²) >= 11 is 6.73. The topological polar surface area (TPSA) is 119 Å². The minimum absolute atomic E-state index is 0.146. The fourth-order valence-electron chi connectivity index (χ4n) is 2.93. The summed E-state index contributed by atoms with van der Waals surface area (Å²) in [6.45, 7) is 0. The Morgan fingerprint density at radius 2 is 1.77 bits per heavy atom. The van der Waals surface area contributed by atoms with Crippen molar-refractivity contribution in [2.45, 2.75) is 38.5 Å². The van der Waals surface area contributed by atoms with Gasteiger partial charge >= 0.3 is 6.36 Å². The van der Waals surface area contributed by atoms with E-state index in [4.69, 9.17) is 11.6 Å². The van der Waals surface area contributed by atoms with E-state index in [1.165, 1.54) is 23.5 Å². The Balaban J connectivity index is 1.40. The average molecular weight is 529 g/mol. The predicted octanol–water partition coefficient (Wildman–Crippen LogP) is 4.15. The zero-order valence-corrected chi connectivity index (χ0v) is 19.7. The zero-order chi connectivity index (χ0) is 25.3. The second kappa shape index (κ2) is 12.4. The average Bonchev–Trinajstić information content (AvgIpc) is 3.23. The Kier molecular flexibility index (Phi) is 9.32. The third-order valence-electron chi connectivity index (χ3n) is 4.39. The highest BCUT2D eigenvalue weighted by molar-refractivity contribution is 7.15. The van der Waals surface area contributed by atoms with E-state index in [-0.39, 0.29) is 24.0 Å². The molecule has 9 nitrogen and oxygen atoms in total. The molecule has 2 heterocycles. The largest absolute Gasteiger partial charge is 0.573 e. The normalized spacial score (nSPS) is 11.2. The van der Waals surface area contributed by atoms with E-state index in [1.54, 1.807) is 12.1 Å². The van der Waals surface area contributed by atoms with Gasteiger partial charge in [0.15, 0.2) is 5.82 Å². The van der Waals surface area contributed by atoms with Gasteiger partial charge in [-0.2, -0.15) is 5.10 Å². The molecule has 0 atom stereocenters. The second-order valence-corrected chi connectivity index (χ2v) is 8.55. The number of ether oxygens (including phenoxy) is 1. The molecule has 0 aliphatic carbocycles. The molecule has 0 aliphatic rings. The van der Waals surface area contributed by atoms with Crippen molar-refractivity contribution in [3.8, 4) is 5.75 Å². The van der Waals surface area contributed by atoms with Crippen molar-refractivity contribution in [3.05, 3.63) is 52.7 Å². The quantitative estimate of drug-likeness (QED) is 0.283. The number of amides is 2. The van der Waals surface area contributed by atoms with Gasteiger partial charge in [-0.25, -0.2) is 0 Å². The summed E-state index contributed by atoms with van der Waals surface area (Å²) in [4.78, 5) is 23.5. The van der Waals surface area contributed by atoms with Crippen LogP contribution in [0.25, 0.3) is 0 Å². The van der Waals surface area contributed by atoms with Gasteiger partial charge in [0, 0.05) is 6.42 Å². The molecule has 0 unspecified atom stereocenters. The molecule has 2 aromatic heterocycles. The monoisotopic (exact) mass is 528 g/mol. The first kappa shape index (κ1) is 26.3. The van der Waals surface area contributed by atoms with E-state index in [9.17, 15) is 22.8 Å². The molecule has 2 N–H and O–H groups in total. The Labute approximate surface area is 207 Å². The number of carbonyl (C=O) groups is 2. The van der Waals surface area contributed by atoms with Crippen molar-refractivity contribution in [2.75, 3.05) is 16.5 Å². The number of hydrogen-bond donors (Lipinski definition) is 2. The lowest BCUT2D eigenvalue weighted by Crippen LogP contribution is -2.18. The molecule has 3 aromatic rings. The highest BCUT2D eigenvalue weighted by Crippen LogP contribution is 2.23. The van der Waals surface area contributed by atoms with Crippen LogP contribution in [-0.4, -0.2) is 44.5 Å². The Morgan fingerprint density at radius 3 is 2.49 bits per heavy atom. The van der Waals surface area contributed by atoms with Crippen LogP contribution in [0, 0.1) is 0 Å². The van der Waals surface area contributed by atoms with Crippen LogP contribution in [0.2, 0.25) is 0 Å². The van der Waals surface area contributed by atoms with Crippen molar-refractivity contribution in [2.24, 2.45) is 0 Å². The molecule has 0 saturated heterocycles. The van der Waals surface area contributed by atoms with Crippen LogP contribution < -0.4 is 15.4 Å². The SMILES string of the molecule is O=C(Cc1cccc(OC(F)(F)F)c1)Nc1ccc(CCCCc2nnc(NC(=O)CCl)s2)nn1. The van der Waals surface area contributed by atoms with Crippen LogP contribution in [-0.2, 0) is 28.9 Å². The molecule has 0 radical (unpaired) electrons. The number of carbonyl (C=O) groups excluding carboxylic acids is 2. The summed E-state index contributed by atoms with van der Waals surface area (Å²) < 4.78 is 40.9. The zero-order valence-electron chi connectivity index (χ0n) is 18.1. The maximum absolute atomic E-state index is 12.3. The minimum atomic E-state index is -4.80. The standard InChI is InChI=1S/C21H20ClF3N6O3S/c22-12-18(33)27-20-31-30-19(35-20)7-2-1-5-14-8-9-16(29-28-14)26-17(32)11-13-4-3-6-15(10-13)34-21(23,24)25/h3-4,6,8-10H,1-2,5,7,11-12H2,(H,26,29,32)(H,27,31,33). The number of hydrogen-bond acceptors (Lipinski definition) is 8. The molecule has 0 spiro atoms. The Hall–Kier alpha value is -3.32. The van der Waals surface area contributed by atoms with E-state index in [0.29, 0.717) is 23.5 Å². The molecule has 1 aromatic carbocycles. The van der Waals surface area contributed by atoms with Crippen LogP contribution >= 0.6 is 22.9 Å². The predicted molar refractivity (Wildman–Crippen MR) is 123 cm³/mol. The van der Waals surface area contributed by atoms with Gasteiger partial charge in [-0.3, -0.25) is 14.9 Å². The Morgan fingerprint density at radius 1 is 0.971 bits per heavy atom. The van der Waals surface area contributed by atoms with Gasteiger partial charge in [0.05, 0.1) is 12.1 Å². The number of nitrogens with zero attached hydrogens (tertiary/aromatic N) is 4. The highest BCUT2D eigenvalue weighted by atomic mass is 35.5. The number of halogens is 4. The Bertz CT molecular complexity index is 1140. The van der Waals surface area contributed by atoms with Gasteiger partial charge < -0.3 is 10.1 Å². The van der Waals surface area contributed by atoms with Crippen molar-refractivity contribution in [1.29, 1.82) is 0 Å². The smallest absolute Gasteiger partial charge is 0.406 e. The van der Waals surface area contributed by atoms with E-state index in [1.807, 2.05) is 0 Å². The van der Waals surface area contributed by atoms with Gasteiger partial charge in [-0.05, 0) is 49.1 Å². The van der Waals surface area contributed by atoms with Gasteiger partial charge in [0.2, 0.25) is 16.9 Å². The molecule has 0 bridgehead atoms. The van der Waals surface area contributed by atoms with Crippen molar-refractivity contribution < 1.29 is 27.5 Å². The number of nitrogens with one attached hydrogen (secondary N) is 2. The van der Waals surface area contributed by atoms with Gasteiger partial charge in [0.1, 0.15) is 16.6 Å². The summed E-state index contributed by atoms with van der Waals surface area (Å²) in [7, 11) is 0. The van der Waals surface area contributed by atoms with Crippen LogP contribution in [0.1, 0.15) is 29.1 Å². The minimum Gasteiger partial charge on any atom is -0.406 e. The summed E-state index contributed by atoms with van der Waals surface area (Å²) in [5.41, 5.74) is 1.10. The number of aromatic nitrogens is 4. The summed E-state index contributed by atoms with van der Waals surface area (Å²) in [6, 6.07) is 8.57. The third-order valence-corrected chi connectivity index (χ3v) is 5.53. The van der Waals surface area contributed by atoms with Crippen molar-refractivity contribution in [3.63, 3.8) is 0 Å². The number of rotatable bonds is 11. The summed E-state index contributed by atoms with van der Waals surface area (Å²) in [5.74, 6) is -1.09. The number of benzene rings is 1. The molecule has 0 fully saturated rings. The number of aryl methyl sites for hydroxylation is 2. The van der Waals surface area contributed by atoms with Gasteiger partial charge in [-0.15, -0.1) is 40.1 Å². The first-order valence-corrected chi connectivity index (χ1v) is 11.7. The maximum Gasteiger partial charge on any atom is 0.573 e. The number of alkyl halides is 4. The molecular formula is C21H20ClF3N6O3S. The van der Waals surface area contributed by atoms with Gasteiger partial charge in [0.25, 0.3) is 0 Å². The van der Waals surface area contributed by atoms with Crippen molar-refractivity contribution in [1.82, 2.24) is 20.4 Å². The molecular weight excluding hydrogens is 509 g/mol. The lowest BCUT2D eigenvalue weighted by Gasteiger charge is -2.10. The van der Waals surface area contributed by atoms with Gasteiger partial charge in [-0.1, -0.05) is 23.5 Å². The van der Waals surface area contributed by atoms with E-state index < -0.39 is 18.0 Å². The maximum atomic E-state index is 12.3. The van der Waals surface area contributed by atoms with E-state index in [0.717, 1.165) is 35.7 Å². The molecule has 35 heavy (non-hydrogen) atoms. The fourth-order valence-corrected chi connectivity index (χ4v) is 3.79. The lowest BCUT2D eigenvalue weighted by atomic mass is 10.1. The second-order valence-electron chi connectivity index (χ2n) is 7.22. The highest BCUT2D eigenvalue weighted by Gasteiger charge is 2.31. The summed E-state index contributed by atoms with van der Waals surface area (Å²) in [6.07, 6.45) is -1.94. The first-order valence-electron chi connectivity index (χ1n) is 10.4. The molecule has 3 rings (SSSR count). The van der Waals surface area contributed by atoms with Crippen molar-refractivity contribution >= 4 is 45.7 Å². The summed E-state index contributed by atoms with van der Waals surface area (Å²) in [5, 5.41) is 22.3. The molecule has 0 aliphatic heterocycles. The van der Waals surface area contributed by atoms with Crippen LogP contribution in [0.5, 0.6) is 5.75 Å². The molecule has 186 valence electrons. The number of anilines is 2. The van der Waals surface area contributed by atoms with E-state index in [2.05, 4.69) is 35.8 Å². The van der Waals surface area contributed by atoms with Crippen LogP contribution in [0.4, 0.5) is 24.1 Å². The molecule has 2 amide bonds. The third kappa shape index (κ3) is 9.45. The fraction of sp³-hybridized carbons (Fsp3) is 0.333. The number of unbranched alkanes of at least 4 members (excludes halogenated alkanes) is 1. The van der Waals surface area contributed by atoms with Crippen LogP contribution in [0.3, 0.4) is 0 Å². The van der Waals surface area contributed by atoms with Crippen LogP contribution in [0.15, 0.2) is 36.4 Å². The molecule has 0 saturated carbocycles.